The Morgan fingerprint density at radius 3 is 2.18 bits per heavy atom. The van der Waals surface area contributed by atoms with E-state index in [-0.39, 0.29) is 38.7 Å². The normalized spacial score (nSPS) is 13.1. The lowest BCUT2D eigenvalue weighted by atomic mass is 9.98. The van der Waals surface area contributed by atoms with Gasteiger partial charge in [0.1, 0.15) is 12.6 Å². The lowest BCUT2D eigenvalue weighted by molar-refractivity contribution is -0.138. The molecule has 0 radical (unpaired) electrons. The van der Waals surface area contributed by atoms with Crippen LogP contribution in [0, 0.1) is 0 Å². The molecular weight excluding hydrogens is 450 g/mol. The Morgan fingerprint density at radius 2 is 1.59 bits per heavy atom. The van der Waals surface area contributed by atoms with Crippen molar-refractivity contribution in [2.24, 2.45) is 0 Å². The molecule has 0 saturated heterocycles. The molecule has 0 spiro atoms. The van der Waals surface area contributed by atoms with E-state index in [0.717, 1.165) is 22.3 Å². The number of hydrogen-bond donors (Lipinski definition) is 3. The summed E-state index contributed by atoms with van der Waals surface area (Å²) in [6.07, 6.45) is -4.82. The zero-order valence-electron chi connectivity index (χ0n) is 18.3. The van der Waals surface area contributed by atoms with E-state index in [1.165, 1.54) is 0 Å². The minimum absolute atomic E-state index is 0.0196. The van der Waals surface area contributed by atoms with Crippen LogP contribution in [0.25, 0.3) is 11.1 Å². The molecule has 2 aromatic carbocycles. The van der Waals surface area contributed by atoms with Gasteiger partial charge in [-0.2, -0.15) is 0 Å². The third-order valence-corrected chi connectivity index (χ3v) is 5.39. The van der Waals surface area contributed by atoms with Crippen LogP contribution in [0.1, 0.15) is 29.9 Å². The van der Waals surface area contributed by atoms with E-state index in [1.54, 1.807) is 0 Å². The highest BCUT2D eigenvalue weighted by Crippen LogP contribution is 2.44. The van der Waals surface area contributed by atoms with Crippen LogP contribution < -0.4 is 10.6 Å². The van der Waals surface area contributed by atoms with Crippen molar-refractivity contribution in [2.45, 2.75) is 31.2 Å². The monoisotopic (exact) mass is 476 g/mol. The number of ether oxygens (including phenoxy) is 2. The number of carbonyl (C=O) groups is 3. The molecule has 1 atom stereocenters. The summed E-state index contributed by atoms with van der Waals surface area (Å²) in [5, 5.41) is 13.0. The average Bonchev–Trinajstić information content (AvgIpc) is 3.13. The minimum atomic E-state index is -2.97. The van der Waals surface area contributed by atoms with Crippen molar-refractivity contribution in [1.29, 1.82) is 0 Å². The number of carbonyl (C=O) groups excluding carboxylic acids is 2. The second-order valence-electron chi connectivity index (χ2n) is 7.72. The number of amides is 2. The van der Waals surface area contributed by atoms with Gasteiger partial charge in [-0.05, 0) is 22.3 Å². The van der Waals surface area contributed by atoms with Crippen LogP contribution in [0.2, 0.25) is 0 Å². The topological polar surface area (TPSA) is 114 Å². The van der Waals surface area contributed by atoms with Crippen LogP contribution in [-0.2, 0) is 19.1 Å². The first-order valence-electron chi connectivity index (χ1n) is 10.8. The molecule has 1 aliphatic rings. The number of aliphatic carboxylic acids is 1. The highest BCUT2D eigenvalue weighted by molar-refractivity contribution is 5.79. The SMILES string of the molecule is O=C(O)CCOCCNC(=O)CC(NC(=O)OCC1c2ccccc2-c2ccccc21)C(F)F. The van der Waals surface area contributed by atoms with Gasteiger partial charge < -0.3 is 25.2 Å². The lowest BCUT2D eigenvalue weighted by Crippen LogP contribution is -2.44. The third kappa shape index (κ3) is 6.74. The molecule has 2 amide bonds. The van der Waals surface area contributed by atoms with Crippen LogP contribution in [0.3, 0.4) is 0 Å². The first-order chi connectivity index (χ1) is 16.4. The van der Waals surface area contributed by atoms with Gasteiger partial charge in [-0.15, -0.1) is 0 Å². The van der Waals surface area contributed by atoms with Gasteiger partial charge in [0.15, 0.2) is 0 Å². The number of alkyl carbamates (subject to hydrolysis) is 1. The Kier molecular flexibility index (Phi) is 8.92. The van der Waals surface area contributed by atoms with E-state index in [9.17, 15) is 23.2 Å². The Morgan fingerprint density at radius 1 is 0.971 bits per heavy atom. The Bertz CT molecular complexity index is 971. The summed E-state index contributed by atoms with van der Waals surface area (Å²) < 4.78 is 37.1. The second-order valence-corrected chi connectivity index (χ2v) is 7.72. The molecule has 34 heavy (non-hydrogen) atoms. The predicted octanol–water partition coefficient (Wildman–Crippen LogP) is 3.16. The van der Waals surface area contributed by atoms with E-state index < -0.39 is 36.9 Å². The number of benzene rings is 2. The van der Waals surface area contributed by atoms with Gasteiger partial charge >= 0.3 is 12.1 Å². The zero-order valence-corrected chi connectivity index (χ0v) is 18.3. The molecular formula is C24H26F2N2O6. The van der Waals surface area contributed by atoms with E-state index >= 15 is 0 Å². The Labute approximate surface area is 195 Å². The fourth-order valence-electron chi connectivity index (χ4n) is 3.79. The quantitative estimate of drug-likeness (QED) is 0.406. The van der Waals surface area contributed by atoms with E-state index in [2.05, 4.69) is 10.6 Å². The van der Waals surface area contributed by atoms with Crippen molar-refractivity contribution in [1.82, 2.24) is 10.6 Å². The first kappa shape index (κ1) is 25.1. The molecule has 2 aromatic rings. The molecule has 10 heteroatoms. The van der Waals surface area contributed by atoms with Gasteiger partial charge in [0, 0.05) is 12.5 Å². The van der Waals surface area contributed by atoms with Crippen molar-refractivity contribution in [3.05, 3.63) is 59.7 Å². The molecule has 1 unspecified atom stereocenters. The maximum Gasteiger partial charge on any atom is 0.407 e. The molecule has 182 valence electrons. The number of alkyl halides is 2. The molecule has 0 bridgehead atoms. The number of fused-ring (bicyclic) bond motifs is 3. The van der Waals surface area contributed by atoms with E-state index in [0.29, 0.717) is 0 Å². The van der Waals surface area contributed by atoms with Gasteiger partial charge in [-0.1, -0.05) is 48.5 Å². The largest absolute Gasteiger partial charge is 0.481 e. The second kappa shape index (κ2) is 12.1. The third-order valence-electron chi connectivity index (χ3n) is 5.39. The molecule has 0 heterocycles. The molecule has 0 fully saturated rings. The first-order valence-corrected chi connectivity index (χ1v) is 10.8. The molecule has 0 aliphatic heterocycles. The molecule has 3 N–H and O–H groups in total. The maximum absolute atomic E-state index is 13.4. The summed E-state index contributed by atoms with van der Waals surface area (Å²) in [5.74, 6) is -1.93. The Balaban J connectivity index is 1.47. The molecule has 0 aromatic heterocycles. The summed E-state index contributed by atoms with van der Waals surface area (Å²) in [4.78, 5) is 34.6. The maximum atomic E-state index is 13.4. The van der Waals surface area contributed by atoms with E-state index in [1.807, 2.05) is 48.5 Å². The van der Waals surface area contributed by atoms with Gasteiger partial charge in [-0.25, -0.2) is 13.6 Å². The highest BCUT2D eigenvalue weighted by atomic mass is 19.3. The summed E-state index contributed by atoms with van der Waals surface area (Å²) in [6, 6.07) is 13.8. The van der Waals surface area contributed by atoms with Crippen molar-refractivity contribution < 1.29 is 37.7 Å². The molecule has 1 aliphatic carbocycles. The summed E-state index contributed by atoms with van der Waals surface area (Å²) >= 11 is 0. The fraction of sp³-hybridized carbons (Fsp3) is 0.375. The van der Waals surface area contributed by atoms with Crippen LogP contribution in [0.4, 0.5) is 13.6 Å². The van der Waals surface area contributed by atoms with Crippen molar-refractivity contribution in [2.75, 3.05) is 26.4 Å². The number of carboxylic acids is 1. The molecule has 8 nitrogen and oxygen atoms in total. The average molecular weight is 476 g/mol. The number of rotatable bonds is 12. The number of nitrogens with one attached hydrogen (secondary N) is 2. The summed E-state index contributed by atoms with van der Waals surface area (Å²) in [6.45, 7) is 0.0153. The van der Waals surface area contributed by atoms with Gasteiger partial charge in [-0.3, -0.25) is 9.59 Å². The van der Waals surface area contributed by atoms with Crippen LogP contribution in [-0.4, -0.2) is 61.9 Å². The Hall–Kier alpha value is -3.53. The smallest absolute Gasteiger partial charge is 0.407 e. The zero-order chi connectivity index (χ0) is 24.5. The summed E-state index contributed by atoms with van der Waals surface area (Å²) in [5.41, 5.74) is 4.07. The van der Waals surface area contributed by atoms with Gasteiger partial charge in [0.25, 0.3) is 6.43 Å². The van der Waals surface area contributed by atoms with Crippen LogP contribution in [0.5, 0.6) is 0 Å². The van der Waals surface area contributed by atoms with Crippen molar-refractivity contribution >= 4 is 18.0 Å². The lowest BCUT2D eigenvalue weighted by Gasteiger charge is -2.19. The fourth-order valence-corrected chi connectivity index (χ4v) is 3.79. The van der Waals surface area contributed by atoms with Crippen molar-refractivity contribution in [3.63, 3.8) is 0 Å². The van der Waals surface area contributed by atoms with Gasteiger partial charge in [0.05, 0.1) is 26.1 Å². The van der Waals surface area contributed by atoms with Crippen LogP contribution >= 0.6 is 0 Å². The van der Waals surface area contributed by atoms with E-state index in [4.69, 9.17) is 14.6 Å². The highest BCUT2D eigenvalue weighted by Gasteiger charge is 2.30. The standard InChI is InChI=1S/C24H26F2N2O6/c25-23(26)20(13-21(29)27-10-12-33-11-9-22(30)31)28-24(32)34-14-19-17-7-3-1-5-15(17)16-6-2-4-8-18(16)19/h1-8,19-20,23H,9-14H2,(H,27,29)(H,28,32)(H,30,31). The van der Waals surface area contributed by atoms with Crippen molar-refractivity contribution in [3.8, 4) is 11.1 Å². The minimum Gasteiger partial charge on any atom is -0.481 e. The van der Waals surface area contributed by atoms with Gasteiger partial charge in [0.2, 0.25) is 5.91 Å². The number of halogens is 2. The molecule has 0 saturated carbocycles. The number of carboxylic acid groups (broad SMARTS) is 1. The van der Waals surface area contributed by atoms with Crippen LogP contribution in [0.15, 0.2) is 48.5 Å². The number of hydrogen-bond acceptors (Lipinski definition) is 5. The predicted molar refractivity (Wildman–Crippen MR) is 119 cm³/mol. The molecule has 3 rings (SSSR count). The summed E-state index contributed by atoms with van der Waals surface area (Å²) in [7, 11) is 0.